The Bertz CT molecular complexity index is 1750. The van der Waals surface area contributed by atoms with Crippen LogP contribution in [0.5, 0.6) is 0 Å². The molecule has 2 heteroatoms. The number of anilines is 2. The number of nitrogen functional groups attached to an aromatic ring is 2. The van der Waals surface area contributed by atoms with Crippen LogP contribution in [0.1, 0.15) is 314 Å². The van der Waals surface area contributed by atoms with Gasteiger partial charge < -0.3 is 11.5 Å². The van der Waals surface area contributed by atoms with Gasteiger partial charge in [0.15, 0.2) is 0 Å². The molecule has 2 unspecified atom stereocenters. The molecule has 4 N–H and O–H groups in total. The highest BCUT2D eigenvalue weighted by Crippen LogP contribution is 2.35. The molecule has 0 saturated heterocycles. The van der Waals surface area contributed by atoms with E-state index in [1.807, 2.05) is 0 Å². The molecular weight excluding hydrogens is 869 g/mol. The third-order valence-electron chi connectivity index (χ3n) is 16.5. The summed E-state index contributed by atoms with van der Waals surface area (Å²) < 4.78 is 0. The number of unbranched alkanes of at least 4 members (excludes halogenated alkanes) is 33. The lowest BCUT2D eigenvalue weighted by atomic mass is 9.84. The third-order valence-corrected chi connectivity index (χ3v) is 16.5. The van der Waals surface area contributed by atoms with Crippen LogP contribution in [-0.4, -0.2) is 0 Å². The fraction of sp³-hybridized carbons (Fsp3) is 0.657. The number of benzene rings is 4. The Hall–Kier alpha value is -3.52. The third kappa shape index (κ3) is 26.6. The average molecular weight is 982 g/mol. The molecular formula is C70H112N2. The molecule has 0 aliphatic carbocycles. The second-order valence-electron chi connectivity index (χ2n) is 22.9. The zero-order valence-electron chi connectivity index (χ0n) is 47.7. The van der Waals surface area contributed by atoms with Crippen molar-refractivity contribution in [2.24, 2.45) is 0 Å². The van der Waals surface area contributed by atoms with Crippen molar-refractivity contribution in [1.29, 1.82) is 0 Å². The molecule has 0 heterocycles. The van der Waals surface area contributed by atoms with E-state index in [2.05, 4.69) is 113 Å². The molecule has 0 bridgehead atoms. The first-order chi connectivity index (χ1) is 35.4. The van der Waals surface area contributed by atoms with Crippen molar-refractivity contribution in [2.45, 2.75) is 296 Å². The van der Waals surface area contributed by atoms with E-state index < -0.39 is 0 Å². The van der Waals surface area contributed by atoms with Gasteiger partial charge in [-0.25, -0.2) is 0 Å². The van der Waals surface area contributed by atoms with Crippen LogP contribution in [0.25, 0.3) is 0 Å². The van der Waals surface area contributed by atoms with E-state index >= 15 is 0 Å². The van der Waals surface area contributed by atoms with Crippen LogP contribution < -0.4 is 11.5 Å². The van der Waals surface area contributed by atoms with E-state index in [1.165, 1.54) is 301 Å². The Balaban J connectivity index is 0.959. The Morgan fingerprint density at radius 3 is 0.806 bits per heavy atom. The molecule has 0 radical (unpaired) electrons. The first-order valence-corrected chi connectivity index (χ1v) is 31.3. The summed E-state index contributed by atoms with van der Waals surface area (Å²) in [7, 11) is 0. The summed E-state index contributed by atoms with van der Waals surface area (Å²) in [6.07, 6.45) is 55.1. The van der Waals surface area contributed by atoms with Crippen molar-refractivity contribution >= 4 is 11.4 Å². The fourth-order valence-corrected chi connectivity index (χ4v) is 11.8. The monoisotopic (exact) mass is 981 g/mol. The highest BCUT2D eigenvalue weighted by Gasteiger charge is 2.18. The average Bonchev–Trinajstić information content (AvgIpc) is 3.38. The molecule has 0 amide bonds. The number of nitrogens with two attached hydrogens (primary N) is 2. The summed E-state index contributed by atoms with van der Waals surface area (Å²) in [5.74, 6) is 0.930. The van der Waals surface area contributed by atoms with Gasteiger partial charge >= 0.3 is 0 Å². The van der Waals surface area contributed by atoms with Crippen LogP contribution in [0.15, 0.2) is 84.9 Å². The quantitative estimate of drug-likeness (QED) is 0.0343. The maximum absolute atomic E-state index is 6.17. The molecule has 4 aromatic carbocycles. The highest BCUT2D eigenvalue weighted by molar-refractivity contribution is 5.49. The van der Waals surface area contributed by atoms with Crippen molar-refractivity contribution in [2.75, 3.05) is 11.5 Å². The molecule has 0 aliphatic heterocycles. The predicted molar refractivity (Wildman–Crippen MR) is 322 cm³/mol. The molecule has 72 heavy (non-hydrogen) atoms. The van der Waals surface area contributed by atoms with Crippen LogP contribution in [-0.2, 0) is 12.8 Å². The number of aryl methyl sites for hydroxylation is 4. The summed E-state index contributed by atoms with van der Waals surface area (Å²) in [5.41, 5.74) is 25.6. The number of hydrogen-bond acceptors (Lipinski definition) is 2. The van der Waals surface area contributed by atoms with Gasteiger partial charge in [0.2, 0.25) is 0 Å². The van der Waals surface area contributed by atoms with Gasteiger partial charge in [-0.2, -0.15) is 0 Å². The molecule has 0 aromatic heterocycles. The zero-order valence-corrected chi connectivity index (χ0v) is 47.7. The SMILES string of the molecule is CCCCCCCCCCCC(c1ccc(CCCCCCCCCCCCCCCCCCCCc2ccc(C(CCCCCCCCCCC)c3ccc(N)cc3C)cc2)cc1)c1ccc(N)cc1C. The molecule has 4 rings (SSSR count). The van der Waals surface area contributed by atoms with E-state index in [1.54, 1.807) is 0 Å². The van der Waals surface area contributed by atoms with Gasteiger partial charge in [-0.3, -0.25) is 0 Å². The molecule has 2 nitrogen and oxygen atoms in total. The highest BCUT2D eigenvalue weighted by atomic mass is 14.5. The smallest absolute Gasteiger partial charge is 0.0316 e. The van der Waals surface area contributed by atoms with E-state index in [0.717, 1.165) is 11.4 Å². The maximum Gasteiger partial charge on any atom is 0.0316 e. The topological polar surface area (TPSA) is 52.0 Å². The van der Waals surface area contributed by atoms with Crippen LogP contribution >= 0.6 is 0 Å². The van der Waals surface area contributed by atoms with E-state index in [0.29, 0.717) is 11.8 Å². The first-order valence-electron chi connectivity index (χ1n) is 31.3. The van der Waals surface area contributed by atoms with Crippen LogP contribution in [0.3, 0.4) is 0 Å². The van der Waals surface area contributed by atoms with Crippen molar-refractivity contribution in [3.8, 4) is 0 Å². The van der Waals surface area contributed by atoms with Crippen molar-refractivity contribution in [1.82, 2.24) is 0 Å². The van der Waals surface area contributed by atoms with Gasteiger partial charge in [-0.1, -0.05) is 293 Å². The lowest BCUT2D eigenvalue weighted by Gasteiger charge is -2.21. The minimum atomic E-state index is 0.465. The van der Waals surface area contributed by atoms with Crippen molar-refractivity contribution < 1.29 is 0 Å². The Labute approximate surface area is 446 Å². The standard InChI is InChI=1S/C70H112N2/c1-5-7-9-11-13-25-31-35-39-43-69(67-55-53-65(71)57-59(67)3)63-49-45-61(46-50-63)41-37-33-29-27-23-21-19-17-15-16-18-20-22-24-28-30-34-38-42-62-47-51-64(52-48-62)70(68-56-54-66(72)58-60(68)4)44-40-36-32-26-14-12-10-8-6-2/h45-58,69-70H,5-44,71-72H2,1-4H3. The van der Waals surface area contributed by atoms with Crippen LogP contribution in [0, 0.1) is 13.8 Å². The van der Waals surface area contributed by atoms with Gasteiger partial charge in [0.05, 0.1) is 0 Å². The van der Waals surface area contributed by atoms with Crippen LogP contribution in [0.4, 0.5) is 11.4 Å². The molecule has 0 spiro atoms. The summed E-state index contributed by atoms with van der Waals surface area (Å²) in [5, 5.41) is 0. The summed E-state index contributed by atoms with van der Waals surface area (Å²) in [4.78, 5) is 0. The van der Waals surface area contributed by atoms with E-state index in [-0.39, 0.29) is 0 Å². The summed E-state index contributed by atoms with van der Waals surface area (Å²) in [6, 6.07) is 32.5. The molecule has 0 fully saturated rings. The van der Waals surface area contributed by atoms with Gasteiger partial charge in [0.25, 0.3) is 0 Å². The van der Waals surface area contributed by atoms with Crippen molar-refractivity contribution in [3.63, 3.8) is 0 Å². The Morgan fingerprint density at radius 1 is 0.292 bits per heavy atom. The number of rotatable bonds is 45. The second-order valence-corrected chi connectivity index (χ2v) is 22.9. The van der Waals surface area contributed by atoms with Crippen molar-refractivity contribution in [3.05, 3.63) is 129 Å². The maximum atomic E-state index is 6.17. The lowest BCUT2D eigenvalue weighted by Crippen LogP contribution is -2.05. The predicted octanol–water partition coefficient (Wildman–Crippen LogP) is 22.4. The van der Waals surface area contributed by atoms with Gasteiger partial charge in [0.1, 0.15) is 0 Å². The van der Waals surface area contributed by atoms with Gasteiger partial charge in [-0.15, -0.1) is 0 Å². The largest absolute Gasteiger partial charge is 0.399 e. The Kier molecular flexibility index (Phi) is 33.8. The van der Waals surface area contributed by atoms with Gasteiger partial charge in [0, 0.05) is 23.2 Å². The first kappa shape index (κ1) is 61.0. The minimum absolute atomic E-state index is 0.465. The second kappa shape index (κ2) is 39.9. The normalized spacial score (nSPS) is 12.4. The zero-order chi connectivity index (χ0) is 51.1. The molecule has 0 saturated carbocycles. The van der Waals surface area contributed by atoms with E-state index in [9.17, 15) is 0 Å². The molecule has 4 aromatic rings. The Morgan fingerprint density at radius 2 is 0.542 bits per heavy atom. The molecule has 402 valence electrons. The van der Waals surface area contributed by atoms with Crippen LogP contribution in [0.2, 0.25) is 0 Å². The summed E-state index contributed by atoms with van der Waals surface area (Å²) >= 11 is 0. The number of hydrogen-bond donors (Lipinski definition) is 2. The fourth-order valence-electron chi connectivity index (χ4n) is 11.8. The molecule has 0 aliphatic rings. The lowest BCUT2D eigenvalue weighted by molar-refractivity contribution is 0.524. The minimum Gasteiger partial charge on any atom is -0.399 e. The summed E-state index contributed by atoms with van der Waals surface area (Å²) in [6.45, 7) is 9.09. The van der Waals surface area contributed by atoms with E-state index in [4.69, 9.17) is 11.5 Å². The molecule has 2 atom stereocenters. The van der Waals surface area contributed by atoms with Gasteiger partial charge in [-0.05, 0) is 121 Å².